The number of unbranched alkanes of at least 4 members (excludes halogenated alkanes) is 22. The normalized spacial score (nSPS) is 20.5. The number of aliphatic hydroxyl groups is 5. The minimum Gasteiger partial charge on any atom is -0.454 e. The Morgan fingerprint density at radius 3 is 1.69 bits per heavy atom. The van der Waals surface area contributed by atoms with Crippen LogP contribution in [0.2, 0.25) is 0 Å². The second-order valence-corrected chi connectivity index (χ2v) is 18.6. The number of aliphatic hydroxyl groups excluding tert-OH is 5. The van der Waals surface area contributed by atoms with Gasteiger partial charge in [0, 0.05) is 6.42 Å². The highest BCUT2D eigenvalue weighted by Gasteiger charge is 2.47. The van der Waals surface area contributed by atoms with Crippen molar-refractivity contribution in [2.75, 3.05) is 13.2 Å². The van der Waals surface area contributed by atoms with E-state index < -0.39 is 67.4 Å². The third-order valence-corrected chi connectivity index (χ3v) is 12.4. The molecule has 0 radical (unpaired) electrons. The Morgan fingerprint density at radius 1 is 0.603 bits per heavy atom. The summed E-state index contributed by atoms with van der Waals surface area (Å²) in [6.07, 6.45) is 45.3. The summed E-state index contributed by atoms with van der Waals surface area (Å²) >= 11 is 0. The van der Waals surface area contributed by atoms with E-state index in [-0.39, 0.29) is 19.4 Å². The Labute approximate surface area is 413 Å². The lowest BCUT2D eigenvalue weighted by atomic mass is 9.99. The van der Waals surface area contributed by atoms with Gasteiger partial charge in [-0.15, -0.1) is 0 Å². The van der Waals surface area contributed by atoms with Crippen molar-refractivity contribution in [1.82, 2.24) is 5.32 Å². The summed E-state index contributed by atoms with van der Waals surface area (Å²) < 4.78 is 17.5. The van der Waals surface area contributed by atoms with Gasteiger partial charge in [-0.3, -0.25) is 9.59 Å². The molecular weight excluding hydrogens is 859 g/mol. The summed E-state index contributed by atoms with van der Waals surface area (Å²) in [6, 6.07) is -1.04. The standard InChI is InChI=1S/C57H99NO10/c1-4-7-10-13-16-19-22-25-27-29-32-35-38-41-44-50(61)56(65)58-48(49(60)43-40-37-34-31-28-24-21-18-15-12-9-6-3)47-66-57-55(54(64)53(63)51(46-59)67-57)68-52(62)45-42-39-36-33-30-26-23-20-17-14-11-8-5-2/h7,10,13,16,19,22,26,30,36,39-40,43,48-51,53-55,57,59-61,63-64H,4-6,8-9,11-12,14-15,17-18,20-21,23-25,27-29,31-35,37-38,41-42,44-47H2,1-3H3,(H,58,65)/b10-7+,16-13+,22-19+,30-26-,39-36+,43-40+. The molecule has 1 saturated heterocycles. The lowest BCUT2D eigenvalue weighted by Gasteiger charge is -2.41. The zero-order valence-corrected chi connectivity index (χ0v) is 43.0. The van der Waals surface area contributed by atoms with Gasteiger partial charge in [0.15, 0.2) is 12.4 Å². The van der Waals surface area contributed by atoms with Gasteiger partial charge in [-0.05, 0) is 64.2 Å². The number of hydrogen-bond donors (Lipinski definition) is 6. The number of rotatable bonds is 44. The van der Waals surface area contributed by atoms with Crippen molar-refractivity contribution in [3.05, 3.63) is 72.9 Å². The summed E-state index contributed by atoms with van der Waals surface area (Å²) in [5.74, 6) is -1.28. The maximum atomic E-state index is 13.3. The molecular formula is C57H99NO10. The van der Waals surface area contributed by atoms with Crippen molar-refractivity contribution >= 4 is 11.9 Å². The monoisotopic (exact) mass is 958 g/mol. The third-order valence-electron chi connectivity index (χ3n) is 12.4. The number of esters is 1. The summed E-state index contributed by atoms with van der Waals surface area (Å²) in [6.45, 7) is 5.58. The van der Waals surface area contributed by atoms with Crippen molar-refractivity contribution in [3.8, 4) is 0 Å². The smallest absolute Gasteiger partial charge is 0.306 e. The van der Waals surface area contributed by atoms with Gasteiger partial charge in [0.05, 0.1) is 25.4 Å². The van der Waals surface area contributed by atoms with Crippen LogP contribution in [-0.2, 0) is 23.8 Å². The van der Waals surface area contributed by atoms with Gasteiger partial charge >= 0.3 is 5.97 Å². The zero-order chi connectivity index (χ0) is 49.7. The van der Waals surface area contributed by atoms with Crippen molar-refractivity contribution in [1.29, 1.82) is 0 Å². The molecule has 1 heterocycles. The molecule has 0 bridgehead atoms. The molecule has 1 fully saturated rings. The van der Waals surface area contributed by atoms with Crippen LogP contribution in [0.25, 0.3) is 0 Å². The molecule has 1 aliphatic heterocycles. The van der Waals surface area contributed by atoms with Crippen molar-refractivity contribution in [2.45, 2.75) is 262 Å². The van der Waals surface area contributed by atoms with E-state index in [0.717, 1.165) is 83.5 Å². The number of amides is 1. The summed E-state index contributed by atoms with van der Waals surface area (Å²) in [7, 11) is 0. The molecule has 8 atom stereocenters. The molecule has 0 aliphatic carbocycles. The fraction of sp³-hybridized carbons (Fsp3) is 0.754. The summed E-state index contributed by atoms with van der Waals surface area (Å²) in [5.41, 5.74) is 0. The number of allylic oxidation sites excluding steroid dienone is 11. The molecule has 68 heavy (non-hydrogen) atoms. The quantitative estimate of drug-likeness (QED) is 0.0149. The van der Waals surface area contributed by atoms with Gasteiger partial charge in [-0.2, -0.15) is 0 Å². The lowest BCUT2D eigenvalue weighted by molar-refractivity contribution is -0.305. The first-order chi connectivity index (χ1) is 33.2. The summed E-state index contributed by atoms with van der Waals surface area (Å²) in [4.78, 5) is 26.3. The first kappa shape index (κ1) is 63.1. The predicted octanol–water partition coefficient (Wildman–Crippen LogP) is 11.7. The van der Waals surface area contributed by atoms with E-state index in [4.69, 9.17) is 14.2 Å². The van der Waals surface area contributed by atoms with Gasteiger partial charge in [-0.1, -0.05) is 216 Å². The van der Waals surface area contributed by atoms with Crippen LogP contribution in [0.5, 0.6) is 0 Å². The number of nitrogens with one attached hydrogen (secondary N) is 1. The molecule has 1 rings (SSSR count). The van der Waals surface area contributed by atoms with Crippen LogP contribution >= 0.6 is 0 Å². The van der Waals surface area contributed by atoms with E-state index in [9.17, 15) is 35.1 Å². The van der Waals surface area contributed by atoms with Crippen LogP contribution in [-0.4, -0.2) is 99.6 Å². The van der Waals surface area contributed by atoms with Crippen molar-refractivity contribution in [3.63, 3.8) is 0 Å². The first-order valence-corrected chi connectivity index (χ1v) is 27.2. The van der Waals surface area contributed by atoms with Crippen LogP contribution in [0, 0.1) is 0 Å². The minimum atomic E-state index is -1.64. The van der Waals surface area contributed by atoms with E-state index in [1.54, 1.807) is 6.08 Å². The summed E-state index contributed by atoms with van der Waals surface area (Å²) in [5, 5.41) is 56.6. The Bertz CT molecular complexity index is 1380. The Hall–Kier alpha value is -2.90. The molecule has 11 heteroatoms. The van der Waals surface area contributed by atoms with Crippen molar-refractivity contribution in [2.24, 2.45) is 0 Å². The molecule has 0 aromatic rings. The maximum Gasteiger partial charge on any atom is 0.306 e. The molecule has 0 aromatic heterocycles. The zero-order valence-electron chi connectivity index (χ0n) is 43.0. The molecule has 0 saturated carbocycles. The van der Waals surface area contributed by atoms with E-state index in [1.807, 2.05) is 30.4 Å². The predicted molar refractivity (Wildman–Crippen MR) is 278 cm³/mol. The van der Waals surface area contributed by atoms with Crippen LogP contribution in [0.1, 0.15) is 213 Å². The van der Waals surface area contributed by atoms with Crippen LogP contribution in [0.15, 0.2) is 72.9 Å². The molecule has 6 N–H and O–H groups in total. The van der Waals surface area contributed by atoms with E-state index >= 15 is 0 Å². The largest absolute Gasteiger partial charge is 0.454 e. The van der Waals surface area contributed by atoms with Gasteiger partial charge in [-0.25, -0.2) is 0 Å². The number of hydrogen-bond acceptors (Lipinski definition) is 10. The molecule has 8 unspecified atom stereocenters. The second kappa shape index (κ2) is 45.3. The van der Waals surface area contributed by atoms with Crippen LogP contribution < -0.4 is 5.32 Å². The van der Waals surface area contributed by atoms with Gasteiger partial charge in [0.2, 0.25) is 5.91 Å². The average molecular weight is 958 g/mol. The highest BCUT2D eigenvalue weighted by atomic mass is 16.7. The molecule has 1 aliphatic rings. The van der Waals surface area contributed by atoms with Crippen LogP contribution in [0.4, 0.5) is 0 Å². The Balaban J connectivity index is 2.81. The van der Waals surface area contributed by atoms with E-state index in [0.29, 0.717) is 12.8 Å². The lowest BCUT2D eigenvalue weighted by Crippen LogP contribution is -2.61. The SMILES string of the molecule is CC/C=C/C=C/C=C/CCCCCCCCC(O)C(=O)NC(COC1OC(CO)C(O)C(O)C1OC(=O)CC/C=C/C/C=C\CCCCCCCC)C(O)/C=C/CCCCCCCCCCCC. The molecule has 392 valence electrons. The van der Waals surface area contributed by atoms with Crippen LogP contribution in [0.3, 0.4) is 0 Å². The van der Waals surface area contributed by atoms with Gasteiger partial charge in [0.25, 0.3) is 0 Å². The van der Waals surface area contributed by atoms with E-state index in [2.05, 4.69) is 62.5 Å². The molecule has 11 nitrogen and oxygen atoms in total. The fourth-order valence-electron chi connectivity index (χ4n) is 8.06. The first-order valence-electron chi connectivity index (χ1n) is 27.2. The van der Waals surface area contributed by atoms with E-state index in [1.165, 1.54) is 83.5 Å². The van der Waals surface area contributed by atoms with Gasteiger partial charge < -0.3 is 45.1 Å². The molecule has 0 spiro atoms. The number of carbonyl (C=O) groups is 2. The highest BCUT2D eigenvalue weighted by molar-refractivity contribution is 5.80. The Morgan fingerprint density at radius 2 is 1.12 bits per heavy atom. The van der Waals surface area contributed by atoms with Gasteiger partial charge in [0.1, 0.15) is 24.4 Å². The minimum absolute atomic E-state index is 0.0137. The number of ether oxygens (including phenoxy) is 3. The fourth-order valence-corrected chi connectivity index (χ4v) is 8.06. The topological polar surface area (TPSA) is 175 Å². The third kappa shape index (κ3) is 33.6. The number of carbonyl (C=O) groups excluding carboxylic acids is 2. The molecule has 1 amide bonds. The highest BCUT2D eigenvalue weighted by Crippen LogP contribution is 2.26. The average Bonchev–Trinajstić information content (AvgIpc) is 3.33. The second-order valence-electron chi connectivity index (χ2n) is 18.6. The molecule has 0 aromatic carbocycles. The van der Waals surface area contributed by atoms with Crippen molar-refractivity contribution < 1.29 is 49.3 Å². The maximum absolute atomic E-state index is 13.3. The Kier molecular flexibility index (Phi) is 42.0.